The first kappa shape index (κ1) is 18.3. The van der Waals surface area contributed by atoms with Crippen molar-refractivity contribution in [2.45, 2.75) is 33.4 Å². The fourth-order valence-electron chi connectivity index (χ4n) is 2.35. The van der Waals surface area contributed by atoms with Crippen LogP contribution in [0.4, 0.5) is 10.5 Å². The Hall–Kier alpha value is -3.02. The standard InChI is InChI=1S/C19H23N3O3/c1-12-5-4-6-15(9-12)11-25-16-7-8-17(13(2)10-16)22-18(23)14(3)21-19(20)24/h4-10,14H,11H2,1-3H3,(H,22,23)(H3,20,21,24)/t14-/m0/s1. The molecule has 4 N–H and O–H groups in total. The topological polar surface area (TPSA) is 93.4 Å². The van der Waals surface area contributed by atoms with Crippen LogP contribution in [0.5, 0.6) is 5.75 Å². The molecular weight excluding hydrogens is 318 g/mol. The van der Waals surface area contributed by atoms with Crippen molar-refractivity contribution in [2.24, 2.45) is 5.73 Å². The highest BCUT2D eigenvalue weighted by Gasteiger charge is 2.15. The third kappa shape index (κ3) is 5.53. The zero-order valence-electron chi connectivity index (χ0n) is 14.6. The average molecular weight is 341 g/mol. The molecule has 0 fully saturated rings. The molecule has 0 aliphatic rings. The molecule has 3 amide bonds. The first-order valence-electron chi connectivity index (χ1n) is 8.01. The average Bonchev–Trinajstić information content (AvgIpc) is 2.54. The van der Waals surface area contributed by atoms with Gasteiger partial charge in [0.25, 0.3) is 0 Å². The summed E-state index contributed by atoms with van der Waals surface area (Å²) in [6, 6.07) is 12.1. The monoisotopic (exact) mass is 341 g/mol. The van der Waals surface area contributed by atoms with Crippen molar-refractivity contribution in [3.05, 3.63) is 59.2 Å². The van der Waals surface area contributed by atoms with Gasteiger partial charge in [0.2, 0.25) is 5.91 Å². The number of carbonyl (C=O) groups excluding carboxylic acids is 2. The normalized spacial score (nSPS) is 11.5. The molecule has 0 spiro atoms. The Labute approximate surface area is 147 Å². The summed E-state index contributed by atoms with van der Waals surface area (Å²) >= 11 is 0. The molecule has 0 heterocycles. The van der Waals surface area contributed by atoms with Gasteiger partial charge in [0.15, 0.2) is 0 Å². The summed E-state index contributed by atoms with van der Waals surface area (Å²) in [4.78, 5) is 22.8. The predicted octanol–water partition coefficient (Wildman–Crippen LogP) is 2.88. The lowest BCUT2D eigenvalue weighted by Crippen LogP contribution is -2.44. The summed E-state index contributed by atoms with van der Waals surface area (Å²) in [5, 5.41) is 5.10. The van der Waals surface area contributed by atoms with Gasteiger partial charge in [0, 0.05) is 5.69 Å². The highest BCUT2D eigenvalue weighted by Crippen LogP contribution is 2.22. The van der Waals surface area contributed by atoms with Gasteiger partial charge < -0.3 is 21.1 Å². The maximum absolute atomic E-state index is 12.0. The molecule has 2 aromatic rings. The smallest absolute Gasteiger partial charge is 0.312 e. The molecule has 0 saturated carbocycles. The minimum Gasteiger partial charge on any atom is -0.489 e. The van der Waals surface area contributed by atoms with Gasteiger partial charge in [-0.25, -0.2) is 4.79 Å². The number of nitrogens with one attached hydrogen (secondary N) is 2. The van der Waals surface area contributed by atoms with Crippen molar-refractivity contribution in [3.8, 4) is 5.75 Å². The molecule has 1 atom stereocenters. The Morgan fingerprint density at radius 1 is 1.16 bits per heavy atom. The van der Waals surface area contributed by atoms with Crippen LogP contribution in [0, 0.1) is 13.8 Å². The van der Waals surface area contributed by atoms with Crippen LogP contribution >= 0.6 is 0 Å². The molecule has 2 rings (SSSR count). The van der Waals surface area contributed by atoms with E-state index in [1.807, 2.05) is 38.1 Å². The zero-order chi connectivity index (χ0) is 18.4. The lowest BCUT2D eigenvalue weighted by atomic mass is 10.1. The number of urea groups is 1. The van der Waals surface area contributed by atoms with Crippen LogP contribution in [-0.4, -0.2) is 18.0 Å². The maximum atomic E-state index is 12.0. The van der Waals surface area contributed by atoms with Crippen LogP contribution in [0.2, 0.25) is 0 Å². The van der Waals surface area contributed by atoms with Gasteiger partial charge in [-0.2, -0.15) is 0 Å². The summed E-state index contributed by atoms with van der Waals surface area (Å²) in [5.74, 6) is 0.385. The van der Waals surface area contributed by atoms with Gasteiger partial charge in [-0.1, -0.05) is 29.8 Å². The fourth-order valence-corrected chi connectivity index (χ4v) is 2.35. The van der Waals surface area contributed by atoms with Crippen molar-refractivity contribution in [3.63, 3.8) is 0 Å². The van der Waals surface area contributed by atoms with Gasteiger partial charge in [-0.15, -0.1) is 0 Å². The van der Waals surface area contributed by atoms with E-state index in [9.17, 15) is 9.59 Å². The third-order valence-corrected chi connectivity index (χ3v) is 3.70. The SMILES string of the molecule is Cc1cccc(COc2ccc(NC(=O)[C@H](C)NC(N)=O)c(C)c2)c1. The minimum atomic E-state index is -0.737. The molecular formula is C19H23N3O3. The van der Waals surface area contributed by atoms with Crippen LogP contribution in [-0.2, 0) is 11.4 Å². The molecule has 0 unspecified atom stereocenters. The summed E-state index contributed by atoms with van der Waals surface area (Å²) in [7, 11) is 0. The van der Waals surface area contributed by atoms with E-state index in [1.165, 1.54) is 5.56 Å². The van der Waals surface area contributed by atoms with Crippen LogP contribution in [0.25, 0.3) is 0 Å². The summed E-state index contributed by atoms with van der Waals surface area (Å²) in [6.45, 7) is 5.96. The highest BCUT2D eigenvalue weighted by molar-refractivity contribution is 5.97. The van der Waals surface area contributed by atoms with Crippen LogP contribution in [0.1, 0.15) is 23.6 Å². The number of nitrogens with two attached hydrogens (primary N) is 1. The summed E-state index contributed by atoms with van der Waals surface area (Å²) in [5.41, 5.74) is 8.83. The number of primary amides is 1. The molecule has 6 nitrogen and oxygen atoms in total. The number of carbonyl (C=O) groups is 2. The van der Waals surface area contributed by atoms with E-state index in [4.69, 9.17) is 10.5 Å². The molecule has 0 aromatic heterocycles. The van der Waals surface area contributed by atoms with E-state index in [2.05, 4.69) is 16.7 Å². The number of ether oxygens (including phenoxy) is 1. The van der Waals surface area contributed by atoms with Crippen LogP contribution in [0.3, 0.4) is 0 Å². The molecule has 25 heavy (non-hydrogen) atoms. The van der Waals surface area contributed by atoms with Crippen LogP contribution in [0.15, 0.2) is 42.5 Å². The number of anilines is 1. The largest absolute Gasteiger partial charge is 0.489 e. The van der Waals surface area contributed by atoms with E-state index in [1.54, 1.807) is 19.1 Å². The second-order valence-corrected chi connectivity index (χ2v) is 5.97. The molecule has 2 aromatic carbocycles. The van der Waals surface area contributed by atoms with E-state index < -0.39 is 12.1 Å². The number of aryl methyl sites for hydroxylation is 2. The number of amides is 3. The first-order valence-corrected chi connectivity index (χ1v) is 8.01. The quantitative estimate of drug-likeness (QED) is 0.754. The molecule has 6 heteroatoms. The highest BCUT2D eigenvalue weighted by atomic mass is 16.5. The molecule has 132 valence electrons. The molecule has 0 saturated heterocycles. The van der Waals surface area contributed by atoms with Crippen molar-refractivity contribution in [2.75, 3.05) is 5.32 Å². The van der Waals surface area contributed by atoms with Gasteiger partial charge in [-0.3, -0.25) is 4.79 Å². The Morgan fingerprint density at radius 2 is 1.92 bits per heavy atom. The second kappa shape index (κ2) is 8.19. The first-order chi connectivity index (χ1) is 11.8. The van der Waals surface area contributed by atoms with Gasteiger partial charge >= 0.3 is 6.03 Å². The fraction of sp³-hybridized carbons (Fsp3) is 0.263. The Kier molecular flexibility index (Phi) is 6.00. The Bertz CT molecular complexity index is 774. The van der Waals surface area contributed by atoms with Crippen LogP contribution < -0.4 is 21.1 Å². The molecule has 0 aliphatic carbocycles. The van der Waals surface area contributed by atoms with E-state index >= 15 is 0 Å². The maximum Gasteiger partial charge on any atom is 0.312 e. The number of benzene rings is 2. The van der Waals surface area contributed by atoms with Gasteiger partial charge in [0.05, 0.1) is 0 Å². The van der Waals surface area contributed by atoms with Crippen molar-refractivity contribution >= 4 is 17.6 Å². The number of rotatable bonds is 6. The lowest BCUT2D eigenvalue weighted by Gasteiger charge is -2.15. The van der Waals surface area contributed by atoms with E-state index in [0.29, 0.717) is 12.3 Å². The summed E-state index contributed by atoms with van der Waals surface area (Å²) < 4.78 is 5.80. The number of hydrogen-bond acceptors (Lipinski definition) is 3. The number of hydrogen-bond donors (Lipinski definition) is 3. The van der Waals surface area contributed by atoms with E-state index in [0.717, 1.165) is 16.9 Å². The van der Waals surface area contributed by atoms with E-state index in [-0.39, 0.29) is 5.91 Å². The second-order valence-electron chi connectivity index (χ2n) is 5.97. The zero-order valence-corrected chi connectivity index (χ0v) is 14.6. The molecule has 0 radical (unpaired) electrons. The third-order valence-electron chi connectivity index (χ3n) is 3.70. The lowest BCUT2D eigenvalue weighted by molar-refractivity contribution is -0.117. The minimum absolute atomic E-state index is 0.338. The predicted molar refractivity (Wildman–Crippen MR) is 97.5 cm³/mol. The van der Waals surface area contributed by atoms with Crippen molar-refractivity contribution < 1.29 is 14.3 Å². The van der Waals surface area contributed by atoms with Crippen molar-refractivity contribution in [1.29, 1.82) is 0 Å². The molecule has 0 aliphatic heterocycles. The van der Waals surface area contributed by atoms with Gasteiger partial charge in [-0.05, 0) is 50.1 Å². The van der Waals surface area contributed by atoms with Crippen molar-refractivity contribution in [1.82, 2.24) is 5.32 Å². The summed E-state index contributed by atoms with van der Waals surface area (Å²) in [6.07, 6.45) is 0. The molecule has 0 bridgehead atoms. The van der Waals surface area contributed by atoms with Gasteiger partial charge in [0.1, 0.15) is 18.4 Å². The Balaban J connectivity index is 1.98. The Morgan fingerprint density at radius 3 is 2.56 bits per heavy atom.